The number of anilines is 1. The predicted octanol–water partition coefficient (Wildman–Crippen LogP) is 0.444. The molecule has 0 unspecified atom stereocenters. The van der Waals surface area contributed by atoms with Crippen molar-refractivity contribution in [3.05, 3.63) is 41.2 Å². The van der Waals surface area contributed by atoms with Gasteiger partial charge in [-0.05, 0) is 12.1 Å². The molecule has 0 bridgehead atoms. The Morgan fingerprint density at radius 3 is 2.67 bits per heavy atom. The van der Waals surface area contributed by atoms with Crippen molar-refractivity contribution in [3.63, 3.8) is 0 Å². The molecule has 2 amide bonds. The summed E-state index contributed by atoms with van der Waals surface area (Å²) in [5, 5.41) is 2.07. The standard InChI is InChI=1S/C10H9N3O2/c1-12-6-9(14)13-10(15)7-4-2-3-5-8(7)11/h2-5H,6,11H2,(H,13,14,15). The Kier molecular flexibility index (Phi) is 3.41. The average Bonchev–Trinajstić information content (AvgIpc) is 2.18. The summed E-state index contributed by atoms with van der Waals surface area (Å²) >= 11 is 0. The first-order valence-electron chi connectivity index (χ1n) is 4.17. The van der Waals surface area contributed by atoms with Crippen molar-refractivity contribution in [1.29, 1.82) is 0 Å². The molecule has 15 heavy (non-hydrogen) atoms. The summed E-state index contributed by atoms with van der Waals surface area (Å²) in [5.74, 6) is -1.21. The van der Waals surface area contributed by atoms with E-state index >= 15 is 0 Å². The fourth-order valence-corrected chi connectivity index (χ4v) is 1.01. The van der Waals surface area contributed by atoms with Gasteiger partial charge in [0, 0.05) is 5.69 Å². The van der Waals surface area contributed by atoms with Crippen molar-refractivity contribution in [3.8, 4) is 0 Å². The van der Waals surface area contributed by atoms with Crippen molar-refractivity contribution in [2.24, 2.45) is 0 Å². The van der Waals surface area contributed by atoms with Crippen LogP contribution in [0.25, 0.3) is 4.85 Å². The Bertz CT molecular complexity index is 435. The summed E-state index contributed by atoms with van der Waals surface area (Å²) in [6, 6.07) is 6.40. The zero-order chi connectivity index (χ0) is 11.3. The van der Waals surface area contributed by atoms with Crippen LogP contribution < -0.4 is 11.1 Å². The molecule has 3 N–H and O–H groups in total. The van der Waals surface area contributed by atoms with E-state index in [9.17, 15) is 9.59 Å². The van der Waals surface area contributed by atoms with Gasteiger partial charge < -0.3 is 10.6 Å². The second-order valence-corrected chi connectivity index (χ2v) is 2.78. The number of para-hydroxylation sites is 1. The third-order valence-corrected chi connectivity index (χ3v) is 1.68. The molecule has 76 valence electrons. The second kappa shape index (κ2) is 4.77. The van der Waals surface area contributed by atoms with Crippen LogP contribution in [0.1, 0.15) is 10.4 Å². The van der Waals surface area contributed by atoms with E-state index in [0.29, 0.717) is 5.69 Å². The monoisotopic (exact) mass is 203 g/mol. The van der Waals surface area contributed by atoms with Gasteiger partial charge in [-0.1, -0.05) is 12.1 Å². The first-order chi connectivity index (χ1) is 7.15. The number of benzene rings is 1. The fraction of sp³-hybridized carbons (Fsp3) is 0.100. The summed E-state index contributed by atoms with van der Waals surface area (Å²) in [4.78, 5) is 25.2. The summed E-state index contributed by atoms with van der Waals surface area (Å²) in [6.07, 6.45) is 0. The number of imide groups is 1. The number of nitrogens with two attached hydrogens (primary N) is 1. The van der Waals surface area contributed by atoms with Gasteiger partial charge >= 0.3 is 5.91 Å². The minimum atomic E-state index is -0.627. The van der Waals surface area contributed by atoms with Gasteiger partial charge in [-0.2, -0.15) is 0 Å². The Labute approximate surface area is 86.7 Å². The molecule has 1 rings (SSSR count). The van der Waals surface area contributed by atoms with E-state index in [1.54, 1.807) is 18.2 Å². The van der Waals surface area contributed by atoms with Gasteiger partial charge in [0.15, 0.2) is 0 Å². The van der Waals surface area contributed by atoms with E-state index < -0.39 is 11.8 Å². The minimum Gasteiger partial charge on any atom is -0.398 e. The van der Waals surface area contributed by atoms with Crippen molar-refractivity contribution in [2.75, 3.05) is 12.3 Å². The molecule has 1 aromatic rings. The highest BCUT2D eigenvalue weighted by Gasteiger charge is 2.13. The molecule has 0 aliphatic carbocycles. The molecule has 5 heteroatoms. The molecule has 0 saturated heterocycles. The molecule has 0 aromatic heterocycles. The van der Waals surface area contributed by atoms with Gasteiger partial charge in [-0.25, -0.2) is 6.57 Å². The molecule has 5 nitrogen and oxygen atoms in total. The third-order valence-electron chi connectivity index (χ3n) is 1.68. The molecule has 0 atom stereocenters. The number of nitrogen functional groups attached to an aromatic ring is 1. The number of hydrogen-bond donors (Lipinski definition) is 2. The summed E-state index contributed by atoms with van der Waals surface area (Å²) in [6.45, 7) is 6.09. The molecule has 0 aliphatic rings. The van der Waals surface area contributed by atoms with Crippen LogP contribution >= 0.6 is 0 Å². The maximum Gasteiger partial charge on any atom is 0.306 e. The highest BCUT2D eigenvalue weighted by molar-refractivity contribution is 6.08. The zero-order valence-electron chi connectivity index (χ0n) is 7.86. The van der Waals surface area contributed by atoms with Gasteiger partial charge in [-0.3, -0.25) is 14.9 Å². The van der Waals surface area contributed by atoms with Gasteiger partial charge in [0.25, 0.3) is 12.5 Å². The number of amides is 2. The molecule has 0 heterocycles. The van der Waals surface area contributed by atoms with E-state index in [4.69, 9.17) is 12.3 Å². The number of rotatable bonds is 2. The molecular formula is C10H9N3O2. The van der Waals surface area contributed by atoms with Crippen molar-refractivity contribution in [2.45, 2.75) is 0 Å². The molecule has 1 aromatic carbocycles. The van der Waals surface area contributed by atoms with E-state index in [2.05, 4.69) is 10.2 Å². The van der Waals surface area contributed by atoms with Gasteiger partial charge in [0.05, 0.1) is 5.56 Å². The SMILES string of the molecule is [C-]#[N+]CC(=O)NC(=O)c1ccccc1N. The largest absolute Gasteiger partial charge is 0.398 e. The summed E-state index contributed by atoms with van der Waals surface area (Å²) in [5.41, 5.74) is 6.07. The molecule has 0 aliphatic heterocycles. The molecule has 0 fully saturated rings. The lowest BCUT2D eigenvalue weighted by atomic mass is 10.1. The van der Waals surface area contributed by atoms with Crippen LogP contribution in [0, 0.1) is 6.57 Å². The van der Waals surface area contributed by atoms with Gasteiger partial charge in [-0.15, -0.1) is 0 Å². The van der Waals surface area contributed by atoms with E-state index in [0.717, 1.165) is 0 Å². The lowest BCUT2D eigenvalue weighted by molar-refractivity contribution is -0.118. The van der Waals surface area contributed by atoms with Crippen LogP contribution in [0.15, 0.2) is 24.3 Å². The van der Waals surface area contributed by atoms with Crippen LogP contribution in [0.4, 0.5) is 5.69 Å². The quantitative estimate of drug-likeness (QED) is 0.541. The fourth-order valence-electron chi connectivity index (χ4n) is 1.01. The van der Waals surface area contributed by atoms with Crippen molar-refractivity contribution in [1.82, 2.24) is 5.32 Å². The Balaban J connectivity index is 2.75. The van der Waals surface area contributed by atoms with Crippen LogP contribution in [-0.4, -0.2) is 18.4 Å². The van der Waals surface area contributed by atoms with Crippen molar-refractivity contribution < 1.29 is 9.59 Å². The second-order valence-electron chi connectivity index (χ2n) is 2.78. The van der Waals surface area contributed by atoms with Crippen LogP contribution in [0.2, 0.25) is 0 Å². The molecule has 0 spiro atoms. The lowest BCUT2D eigenvalue weighted by Gasteiger charge is -2.03. The maximum atomic E-state index is 11.4. The third kappa shape index (κ3) is 2.81. The zero-order valence-corrected chi connectivity index (χ0v) is 7.86. The van der Waals surface area contributed by atoms with Crippen LogP contribution in [-0.2, 0) is 4.79 Å². The van der Waals surface area contributed by atoms with Gasteiger partial charge in [0.2, 0.25) is 0 Å². The Hall–Kier alpha value is -2.35. The number of nitrogens with one attached hydrogen (secondary N) is 1. The van der Waals surface area contributed by atoms with E-state index in [1.807, 2.05) is 0 Å². The van der Waals surface area contributed by atoms with Crippen molar-refractivity contribution >= 4 is 17.5 Å². The predicted molar refractivity (Wildman–Crippen MR) is 54.8 cm³/mol. The molecule has 0 radical (unpaired) electrons. The smallest absolute Gasteiger partial charge is 0.306 e. The van der Waals surface area contributed by atoms with Crippen LogP contribution in [0.5, 0.6) is 0 Å². The first-order valence-corrected chi connectivity index (χ1v) is 4.17. The highest BCUT2D eigenvalue weighted by atomic mass is 16.2. The maximum absolute atomic E-state index is 11.4. The number of carbonyl (C=O) groups is 2. The Morgan fingerprint density at radius 2 is 2.07 bits per heavy atom. The topological polar surface area (TPSA) is 76.5 Å². The number of hydrogen-bond acceptors (Lipinski definition) is 3. The molecule has 0 saturated carbocycles. The summed E-state index contributed by atoms with van der Waals surface area (Å²) < 4.78 is 0. The number of carbonyl (C=O) groups excluding carboxylic acids is 2. The lowest BCUT2D eigenvalue weighted by Crippen LogP contribution is -2.32. The van der Waals surface area contributed by atoms with Crippen LogP contribution in [0.3, 0.4) is 0 Å². The normalized spacial score (nSPS) is 9.00. The Morgan fingerprint density at radius 1 is 1.40 bits per heavy atom. The average molecular weight is 203 g/mol. The van der Waals surface area contributed by atoms with E-state index in [-0.39, 0.29) is 12.1 Å². The molecular weight excluding hydrogens is 194 g/mol. The summed E-state index contributed by atoms with van der Waals surface area (Å²) in [7, 11) is 0. The minimum absolute atomic E-state index is 0.232. The number of nitrogens with zero attached hydrogens (tertiary/aromatic N) is 1. The van der Waals surface area contributed by atoms with E-state index in [1.165, 1.54) is 6.07 Å². The highest BCUT2D eigenvalue weighted by Crippen LogP contribution is 2.09. The van der Waals surface area contributed by atoms with Gasteiger partial charge in [0.1, 0.15) is 0 Å². The first kappa shape index (κ1) is 10.7.